The third kappa shape index (κ3) is 5.11. The molecular formula is C15H23ClN2O. The number of nitrogen functional groups attached to an aromatic ring is 1. The van der Waals surface area contributed by atoms with Crippen LogP contribution >= 0.6 is 12.4 Å². The summed E-state index contributed by atoms with van der Waals surface area (Å²) >= 11 is 0. The van der Waals surface area contributed by atoms with Crippen molar-refractivity contribution in [3.8, 4) is 0 Å². The number of hydrogen-bond donors (Lipinski definition) is 2. The van der Waals surface area contributed by atoms with E-state index in [0.717, 1.165) is 30.0 Å². The van der Waals surface area contributed by atoms with Crippen LogP contribution in [0.15, 0.2) is 24.3 Å². The highest BCUT2D eigenvalue weighted by Gasteiger charge is 2.19. The number of anilines is 1. The van der Waals surface area contributed by atoms with Crippen molar-refractivity contribution >= 4 is 24.0 Å². The molecule has 0 atom stereocenters. The van der Waals surface area contributed by atoms with Crippen molar-refractivity contribution in [3.05, 3.63) is 29.8 Å². The van der Waals surface area contributed by atoms with Gasteiger partial charge in [0, 0.05) is 11.7 Å². The van der Waals surface area contributed by atoms with E-state index in [1.165, 1.54) is 12.8 Å². The fourth-order valence-electron chi connectivity index (χ4n) is 2.50. The van der Waals surface area contributed by atoms with Crippen LogP contribution in [0.5, 0.6) is 0 Å². The molecule has 1 aliphatic rings. The number of carbonyl (C=O) groups excluding carboxylic acids is 1. The quantitative estimate of drug-likeness (QED) is 0.838. The Labute approximate surface area is 121 Å². The molecule has 0 aromatic heterocycles. The van der Waals surface area contributed by atoms with Crippen molar-refractivity contribution < 1.29 is 4.79 Å². The smallest absolute Gasteiger partial charge is 0.224 e. The average molecular weight is 283 g/mol. The fourth-order valence-corrected chi connectivity index (χ4v) is 2.50. The van der Waals surface area contributed by atoms with Crippen LogP contribution in [0.1, 0.15) is 38.2 Å². The monoisotopic (exact) mass is 282 g/mol. The van der Waals surface area contributed by atoms with Gasteiger partial charge in [0.25, 0.3) is 0 Å². The van der Waals surface area contributed by atoms with Gasteiger partial charge in [-0.25, -0.2) is 0 Å². The van der Waals surface area contributed by atoms with E-state index in [0.29, 0.717) is 12.5 Å². The molecule has 19 heavy (non-hydrogen) atoms. The average Bonchev–Trinajstić information content (AvgIpc) is 2.35. The minimum absolute atomic E-state index is 0. The Bertz CT molecular complexity index is 397. The lowest BCUT2D eigenvalue weighted by molar-refractivity contribution is -0.121. The normalized spacial score (nSPS) is 22.4. The first-order valence-corrected chi connectivity index (χ1v) is 6.77. The topological polar surface area (TPSA) is 55.1 Å². The van der Waals surface area contributed by atoms with E-state index >= 15 is 0 Å². The fraction of sp³-hybridized carbons (Fsp3) is 0.533. The number of rotatable bonds is 3. The van der Waals surface area contributed by atoms with Crippen molar-refractivity contribution in [2.45, 2.75) is 45.1 Å². The van der Waals surface area contributed by atoms with E-state index in [1.54, 1.807) is 0 Å². The Hall–Kier alpha value is -1.22. The lowest BCUT2D eigenvalue weighted by Gasteiger charge is -2.26. The largest absolute Gasteiger partial charge is 0.399 e. The zero-order valence-electron chi connectivity index (χ0n) is 11.4. The van der Waals surface area contributed by atoms with Crippen LogP contribution in [0.3, 0.4) is 0 Å². The van der Waals surface area contributed by atoms with E-state index in [1.807, 2.05) is 24.3 Å². The molecule has 1 amide bonds. The second kappa shape index (κ2) is 7.39. The Kier molecular flexibility index (Phi) is 6.16. The summed E-state index contributed by atoms with van der Waals surface area (Å²) in [6.07, 6.45) is 5.15. The Morgan fingerprint density at radius 3 is 2.37 bits per heavy atom. The van der Waals surface area contributed by atoms with Gasteiger partial charge in [-0.15, -0.1) is 12.4 Å². The number of hydrogen-bond acceptors (Lipinski definition) is 2. The van der Waals surface area contributed by atoms with Crippen LogP contribution in [0.25, 0.3) is 0 Å². The number of nitrogens with one attached hydrogen (secondary N) is 1. The van der Waals surface area contributed by atoms with Gasteiger partial charge in [-0.2, -0.15) is 0 Å². The summed E-state index contributed by atoms with van der Waals surface area (Å²) in [6.45, 7) is 2.28. The third-order valence-electron chi connectivity index (χ3n) is 3.73. The first kappa shape index (κ1) is 15.8. The lowest BCUT2D eigenvalue weighted by Crippen LogP contribution is -2.38. The van der Waals surface area contributed by atoms with Gasteiger partial charge in [0.05, 0.1) is 6.42 Å². The Morgan fingerprint density at radius 1 is 1.21 bits per heavy atom. The van der Waals surface area contributed by atoms with Crippen molar-refractivity contribution in [2.24, 2.45) is 5.92 Å². The summed E-state index contributed by atoms with van der Waals surface area (Å²) in [5.41, 5.74) is 7.38. The molecular weight excluding hydrogens is 260 g/mol. The molecule has 0 aliphatic heterocycles. The third-order valence-corrected chi connectivity index (χ3v) is 3.73. The number of carbonyl (C=O) groups is 1. The zero-order chi connectivity index (χ0) is 13.0. The van der Waals surface area contributed by atoms with Gasteiger partial charge in [-0.3, -0.25) is 4.79 Å². The van der Waals surface area contributed by atoms with Gasteiger partial charge in [0.15, 0.2) is 0 Å². The Morgan fingerprint density at radius 2 is 1.79 bits per heavy atom. The molecule has 4 heteroatoms. The highest BCUT2D eigenvalue weighted by atomic mass is 35.5. The highest BCUT2D eigenvalue weighted by Crippen LogP contribution is 2.23. The molecule has 0 heterocycles. The van der Waals surface area contributed by atoms with Crippen molar-refractivity contribution in [2.75, 3.05) is 5.73 Å². The molecule has 0 bridgehead atoms. The maximum atomic E-state index is 11.9. The predicted octanol–water partition coefficient (Wildman–Crippen LogP) is 2.93. The molecule has 0 radical (unpaired) electrons. The molecule has 2 rings (SSSR count). The SMILES string of the molecule is CC1CCC(NC(=O)Cc2ccc(N)cc2)CC1.Cl. The minimum atomic E-state index is 0. The van der Waals surface area contributed by atoms with Crippen LogP contribution in [0.2, 0.25) is 0 Å². The maximum Gasteiger partial charge on any atom is 0.224 e. The van der Waals surface area contributed by atoms with Crippen molar-refractivity contribution in [1.29, 1.82) is 0 Å². The molecule has 0 unspecified atom stereocenters. The van der Waals surface area contributed by atoms with Crippen molar-refractivity contribution in [1.82, 2.24) is 5.32 Å². The van der Waals surface area contributed by atoms with Gasteiger partial charge < -0.3 is 11.1 Å². The van der Waals surface area contributed by atoms with Crippen molar-refractivity contribution in [3.63, 3.8) is 0 Å². The first-order valence-electron chi connectivity index (χ1n) is 6.77. The van der Waals surface area contributed by atoms with E-state index in [4.69, 9.17) is 5.73 Å². The second-order valence-corrected chi connectivity index (χ2v) is 5.44. The van der Waals surface area contributed by atoms with E-state index in [9.17, 15) is 4.79 Å². The van der Waals surface area contributed by atoms with E-state index in [2.05, 4.69) is 12.2 Å². The van der Waals surface area contributed by atoms with Crippen LogP contribution < -0.4 is 11.1 Å². The standard InChI is InChI=1S/C15H22N2O.ClH/c1-11-2-8-14(9-3-11)17-15(18)10-12-4-6-13(16)7-5-12;/h4-7,11,14H,2-3,8-10,16H2,1H3,(H,17,18);1H. The second-order valence-electron chi connectivity index (χ2n) is 5.44. The van der Waals surface area contributed by atoms with Gasteiger partial charge in [0.1, 0.15) is 0 Å². The maximum absolute atomic E-state index is 11.9. The van der Waals surface area contributed by atoms with Gasteiger partial charge in [0.2, 0.25) is 5.91 Å². The van der Waals surface area contributed by atoms with Crippen LogP contribution in [0.4, 0.5) is 5.69 Å². The first-order chi connectivity index (χ1) is 8.63. The molecule has 0 saturated heterocycles. The molecule has 1 aliphatic carbocycles. The van der Waals surface area contributed by atoms with Crippen LogP contribution in [-0.4, -0.2) is 11.9 Å². The number of halogens is 1. The summed E-state index contributed by atoms with van der Waals surface area (Å²) in [6, 6.07) is 7.88. The summed E-state index contributed by atoms with van der Waals surface area (Å²) in [4.78, 5) is 11.9. The van der Waals surface area contributed by atoms with Gasteiger partial charge in [-0.05, 0) is 49.3 Å². The minimum Gasteiger partial charge on any atom is -0.399 e. The number of benzene rings is 1. The molecule has 1 saturated carbocycles. The molecule has 0 spiro atoms. The molecule has 106 valence electrons. The summed E-state index contributed by atoms with van der Waals surface area (Å²) in [5, 5.41) is 3.13. The zero-order valence-corrected chi connectivity index (χ0v) is 12.2. The number of nitrogens with two attached hydrogens (primary N) is 1. The molecule has 3 nitrogen and oxygen atoms in total. The van der Waals surface area contributed by atoms with E-state index < -0.39 is 0 Å². The van der Waals surface area contributed by atoms with Crippen LogP contribution in [0, 0.1) is 5.92 Å². The van der Waals surface area contributed by atoms with Gasteiger partial charge >= 0.3 is 0 Å². The summed E-state index contributed by atoms with van der Waals surface area (Å²) in [7, 11) is 0. The number of amides is 1. The molecule has 1 aromatic carbocycles. The molecule has 1 fully saturated rings. The lowest BCUT2D eigenvalue weighted by atomic mass is 9.87. The summed E-state index contributed by atoms with van der Waals surface area (Å²) < 4.78 is 0. The van der Waals surface area contributed by atoms with Crippen LogP contribution in [-0.2, 0) is 11.2 Å². The molecule has 1 aromatic rings. The highest BCUT2D eigenvalue weighted by molar-refractivity contribution is 5.85. The Balaban J connectivity index is 0.00000180. The van der Waals surface area contributed by atoms with Gasteiger partial charge in [-0.1, -0.05) is 19.1 Å². The predicted molar refractivity (Wildman–Crippen MR) is 81.4 cm³/mol. The van der Waals surface area contributed by atoms with E-state index in [-0.39, 0.29) is 18.3 Å². The summed E-state index contributed by atoms with van der Waals surface area (Å²) in [5.74, 6) is 0.939. The molecule has 3 N–H and O–H groups in total.